The molecule has 1 aliphatic carbocycles. The number of aromatic nitrogens is 4. The van der Waals surface area contributed by atoms with E-state index < -0.39 is 5.83 Å². The third-order valence-electron chi connectivity index (χ3n) is 6.14. The predicted molar refractivity (Wildman–Crippen MR) is 134 cm³/mol. The van der Waals surface area contributed by atoms with Gasteiger partial charge in [-0.15, -0.1) is 0 Å². The van der Waals surface area contributed by atoms with Crippen molar-refractivity contribution in [3.05, 3.63) is 75.9 Å². The Kier molecular flexibility index (Phi) is 6.21. The largest absolute Gasteiger partial charge is 0.368 e. The standard InChI is InChI=1S/C24H22Cl2FN7O/c1-2-32-13-16(22(31-32)20-7-8-29-23(28)30-20)14-3-6-19(27)21(11-14)34-10-9-33(24(34)35)15-4-5-17(25)18(26)12-15/h3-8,12-14H,2,9-11H2,1H3,(H2,28,29,30). The van der Waals surface area contributed by atoms with Crippen molar-refractivity contribution in [1.82, 2.24) is 24.6 Å². The number of amides is 2. The van der Waals surface area contributed by atoms with Crippen molar-refractivity contribution >= 4 is 40.9 Å². The van der Waals surface area contributed by atoms with Crippen molar-refractivity contribution in [3.63, 3.8) is 0 Å². The van der Waals surface area contributed by atoms with Crippen LogP contribution in [0.4, 0.5) is 20.8 Å². The second kappa shape index (κ2) is 9.31. The minimum atomic E-state index is -0.429. The van der Waals surface area contributed by atoms with E-state index >= 15 is 4.39 Å². The van der Waals surface area contributed by atoms with E-state index in [1.165, 1.54) is 11.0 Å². The zero-order valence-corrected chi connectivity index (χ0v) is 20.3. The molecule has 2 N–H and O–H groups in total. The first-order valence-electron chi connectivity index (χ1n) is 11.1. The van der Waals surface area contributed by atoms with Gasteiger partial charge in [0.05, 0.1) is 21.4 Å². The summed E-state index contributed by atoms with van der Waals surface area (Å²) < 4.78 is 16.8. The maximum Gasteiger partial charge on any atom is 0.328 e. The van der Waals surface area contributed by atoms with Crippen LogP contribution >= 0.6 is 23.2 Å². The minimum Gasteiger partial charge on any atom is -0.368 e. The lowest BCUT2D eigenvalue weighted by molar-refractivity contribution is 0.228. The molecule has 0 saturated carbocycles. The average molecular weight is 514 g/mol. The molecule has 3 heterocycles. The normalized spacial score (nSPS) is 18.2. The van der Waals surface area contributed by atoms with E-state index in [1.807, 2.05) is 13.1 Å². The van der Waals surface area contributed by atoms with Gasteiger partial charge >= 0.3 is 6.03 Å². The molecule has 11 heteroatoms. The van der Waals surface area contributed by atoms with Crippen LogP contribution in [-0.2, 0) is 6.54 Å². The van der Waals surface area contributed by atoms with Crippen molar-refractivity contribution in [2.45, 2.75) is 25.8 Å². The molecule has 1 fully saturated rings. The quantitative estimate of drug-likeness (QED) is 0.491. The summed E-state index contributed by atoms with van der Waals surface area (Å²) in [7, 11) is 0. The molecule has 2 aromatic heterocycles. The zero-order valence-electron chi connectivity index (χ0n) is 18.8. The Bertz CT molecular complexity index is 1370. The number of carbonyl (C=O) groups excluding carboxylic acids is 1. The molecule has 1 aliphatic heterocycles. The van der Waals surface area contributed by atoms with Gasteiger partial charge in [0.15, 0.2) is 0 Å². The van der Waals surface area contributed by atoms with Crippen LogP contribution in [0, 0.1) is 0 Å². The summed E-state index contributed by atoms with van der Waals surface area (Å²) in [6, 6.07) is 6.43. The van der Waals surface area contributed by atoms with Crippen LogP contribution < -0.4 is 10.6 Å². The molecule has 0 radical (unpaired) electrons. The number of aryl methyl sites for hydroxylation is 1. The first-order valence-corrected chi connectivity index (χ1v) is 11.9. The van der Waals surface area contributed by atoms with Crippen LogP contribution in [0.1, 0.15) is 24.8 Å². The SMILES string of the molecule is CCn1cc(C2C=CC(F)=C(N3CCN(c4ccc(Cl)c(Cl)c4)C3=O)C2)c(-c2ccnc(N)n2)n1. The van der Waals surface area contributed by atoms with Gasteiger partial charge in [0.25, 0.3) is 0 Å². The molecule has 1 aromatic carbocycles. The van der Waals surface area contributed by atoms with Gasteiger partial charge < -0.3 is 5.73 Å². The van der Waals surface area contributed by atoms with Crippen LogP contribution in [0.2, 0.25) is 10.0 Å². The van der Waals surface area contributed by atoms with E-state index in [4.69, 9.17) is 28.9 Å². The van der Waals surface area contributed by atoms with Gasteiger partial charge in [-0.25, -0.2) is 19.2 Å². The van der Waals surface area contributed by atoms with Gasteiger partial charge in [-0.1, -0.05) is 29.3 Å². The number of allylic oxidation sites excluding steroid dienone is 4. The number of carbonyl (C=O) groups is 1. The first-order chi connectivity index (χ1) is 16.9. The molecule has 1 saturated heterocycles. The lowest BCUT2D eigenvalue weighted by atomic mass is 9.89. The van der Waals surface area contributed by atoms with Crippen LogP contribution in [0.5, 0.6) is 0 Å². The van der Waals surface area contributed by atoms with E-state index in [0.717, 1.165) is 5.56 Å². The fourth-order valence-electron chi connectivity index (χ4n) is 4.38. The van der Waals surface area contributed by atoms with Gasteiger partial charge in [-0.2, -0.15) is 5.10 Å². The maximum absolute atomic E-state index is 15.0. The summed E-state index contributed by atoms with van der Waals surface area (Å²) in [6.45, 7) is 3.40. The second-order valence-corrected chi connectivity index (χ2v) is 9.05. The Morgan fingerprint density at radius 1 is 1.17 bits per heavy atom. The number of halogens is 3. The number of benzene rings is 1. The molecule has 2 aliphatic rings. The van der Waals surface area contributed by atoms with Crippen LogP contribution in [0.3, 0.4) is 0 Å². The van der Waals surface area contributed by atoms with E-state index in [1.54, 1.807) is 46.1 Å². The Morgan fingerprint density at radius 3 is 2.71 bits per heavy atom. The highest BCUT2D eigenvalue weighted by molar-refractivity contribution is 6.42. The van der Waals surface area contributed by atoms with Crippen molar-refractivity contribution in [2.24, 2.45) is 0 Å². The van der Waals surface area contributed by atoms with E-state index in [2.05, 4.69) is 15.1 Å². The number of nitrogens with zero attached hydrogens (tertiary/aromatic N) is 6. The van der Waals surface area contributed by atoms with Gasteiger partial charge in [0.2, 0.25) is 5.95 Å². The van der Waals surface area contributed by atoms with E-state index in [9.17, 15) is 4.79 Å². The van der Waals surface area contributed by atoms with E-state index in [0.29, 0.717) is 58.9 Å². The number of hydrogen-bond acceptors (Lipinski definition) is 5. The first kappa shape index (κ1) is 23.3. The van der Waals surface area contributed by atoms with Gasteiger partial charge in [-0.3, -0.25) is 14.5 Å². The zero-order chi connectivity index (χ0) is 24.7. The summed E-state index contributed by atoms with van der Waals surface area (Å²) in [6.07, 6.45) is 7.01. The molecule has 0 spiro atoms. The number of anilines is 2. The summed E-state index contributed by atoms with van der Waals surface area (Å²) in [4.78, 5) is 24.6. The predicted octanol–water partition coefficient (Wildman–Crippen LogP) is 5.42. The Morgan fingerprint density at radius 2 is 1.97 bits per heavy atom. The number of nitrogens with two attached hydrogens (primary N) is 1. The smallest absolute Gasteiger partial charge is 0.328 e. The number of nitrogen functional groups attached to an aromatic ring is 1. The number of rotatable bonds is 5. The topological polar surface area (TPSA) is 93.2 Å². The van der Waals surface area contributed by atoms with Crippen LogP contribution in [0.25, 0.3) is 11.4 Å². The van der Waals surface area contributed by atoms with Gasteiger partial charge in [0.1, 0.15) is 11.5 Å². The fourth-order valence-corrected chi connectivity index (χ4v) is 4.67. The third-order valence-corrected chi connectivity index (χ3v) is 6.88. The molecule has 3 aromatic rings. The molecule has 35 heavy (non-hydrogen) atoms. The number of urea groups is 1. The molecule has 1 unspecified atom stereocenters. The average Bonchev–Trinajstić information content (AvgIpc) is 3.45. The van der Waals surface area contributed by atoms with Crippen molar-refractivity contribution in [2.75, 3.05) is 23.7 Å². The maximum atomic E-state index is 15.0. The molecule has 2 amide bonds. The molecule has 1 atom stereocenters. The van der Waals surface area contributed by atoms with E-state index in [-0.39, 0.29) is 17.9 Å². The van der Waals surface area contributed by atoms with Gasteiger partial charge in [0, 0.05) is 55.6 Å². The van der Waals surface area contributed by atoms with Crippen molar-refractivity contribution in [3.8, 4) is 11.4 Å². The minimum absolute atomic E-state index is 0.148. The molecular formula is C24H22Cl2FN7O. The van der Waals surface area contributed by atoms with Crippen molar-refractivity contribution in [1.29, 1.82) is 0 Å². The third kappa shape index (κ3) is 4.37. The molecule has 180 valence electrons. The monoisotopic (exact) mass is 513 g/mol. The van der Waals surface area contributed by atoms with Crippen molar-refractivity contribution < 1.29 is 9.18 Å². The second-order valence-electron chi connectivity index (χ2n) is 8.24. The summed E-state index contributed by atoms with van der Waals surface area (Å²) in [5, 5.41) is 5.41. The Balaban J connectivity index is 1.43. The Labute approximate surface area is 211 Å². The molecular weight excluding hydrogens is 492 g/mol. The summed E-state index contributed by atoms with van der Waals surface area (Å²) in [5.74, 6) is -0.487. The lowest BCUT2D eigenvalue weighted by Crippen LogP contribution is -2.32. The highest BCUT2D eigenvalue weighted by atomic mass is 35.5. The molecule has 8 nitrogen and oxygen atoms in total. The highest BCUT2D eigenvalue weighted by Gasteiger charge is 2.36. The number of hydrogen-bond donors (Lipinski definition) is 1. The van der Waals surface area contributed by atoms with Gasteiger partial charge in [-0.05, 0) is 37.3 Å². The summed E-state index contributed by atoms with van der Waals surface area (Å²) >= 11 is 12.2. The van der Waals surface area contributed by atoms with Crippen LogP contribution in [-0.4, -0.2) is 43.8 Å². The lowest BCUT2D eigenvalue weighted by Gasteiger charge is -2.26. The molecule has 5 rings (SSSR count). The van der Waals surface area contributed by atoms with Crippen LogP contribution in [0.15, 0.2) is 60.3 Å². The summed E-state index contributed by atoms with van der Waals surface area (Å²) in [5.41, 5.74) is 8.86. The highest BCUT2D eigenvalue weighted by Crippen LogP contribution is 2.39. The fraction of sp³-hybridized carbons (Fsp3) is 0.250. The Hall–Kier alpha value is -3.43. The molecule has 0 bridgehead atoms.